The van der Waals surface area contributed by atoms with Crippen molar-refractivity contribution in [2.75, 3.05) is 32.8 Å². The van der Waals surface area contributed by atoms with Crippen molar-refractivity contribution in [3.8, 4) is 12.3 Å². The number of hydrogen-bond acceptors (Lipinski definition) is 5. The third-order valence-corrected chi connectivity index (χ3v) is 5.65. The van der Waals surface area contributed by atoms with Crippen LogP contribution in [-0.4, -0.2) is 61.5 Å². The lowest BCUT2D eigenvalue weighted by Gasteiger charge is -2.32. The van der Waals surface area contributed by atoms with Crippen LogP contribution in [0.2, 0.25) is 0 Å². The van der Waals surface area contributed by atoms with E-state index < -0.39 is 12.0 Å². The molecule has 2 saturated heterocycles. The first-order chi connectivity index (χ1) is 14.5. The molecule has 2 aliphatic heterocycles. The molecule has 0 aliphatic carbocycles. The van der Waals surface area contributed by atoms with Gasteiger partial charge in [-0.2, -0.15) is 0 Å². The van der Waals surface area contributed by atoms with E-state index in [1.807, 2.05) is 13.0 Å². The highest BCUT2D eigenvalue weighted by Gasteiger charge is 2.29. The lowest BCUT2D eigenvalue weighted by molar-refractivity contribution is -0.144. The number of hydrogen-bond donors (Lipinski definition) is 2. The van der Waals surface area contributed by atoms with Gasteiger partial charge in [-0.3, -0.25) is 14.4 Å². The fourth-order valence-electron chi connectivity index (χ4n) is 3.75. The zero-order chi connectivity index (χ0) is 21.8. The van der Waals surface area contributed by atoms with Gasteiger partial charge in [0.05, 0.1) is 18.9 Å². The van der Waals surface area contributed by atoms with Crippen molar-refractivity contribution in [2.24, 2.45) is 11.8 Å². The molecule has 7 heteroatoms. The first kappa shape index (κ1) is 23.9. The smallest absolute Gasteiger partial charge is 0.308 e. The monoisotopic (exact) mass is 417 g/mol. The number of allylic oxidation sites excluding steroid dienone is 1. The van der Waals surface area contributed by atoms with Crippen LogP contribution in [0.4, 0.5) is 0 Å². The van der Waals surface area contributed by atoms with Crippen LogP contribution >= 0.6 is 0 Å². The molecule has 0 radical (unpaired) electrons. The molecule has 7 nitrogen and oxygen atoms in total. The number of carbonyl (C=O) groups excluding carboxylic acids is 3. The Hall–Kier alpha value is -2.33. The second-order valence-corrected chi connectivity index (χ2v) is 8.08. The van der Waals surface area contributed by atoms with Crippen molar-refractivity contribution >= 4 is 17.8 Å². The van der Waals surface area contributed by atoms with E-state index in [0.717, 1.165) is 45.2 Å². The molecule has 0 aromatic carbocycles. The zero-order valence-electron chi connectivity index (χ0n) is 18.0. The van der Waals surface area contributed by atoms with E-state index in [1.165, 1.54) is 0 Å². The van der Waals surface area contributed by atoms with Crippen LogP contribution < -0.4 is 10.6 Å². The Morgan fingerprint density at radius 3 is 2.77 bits per heavy atom. The number of rotatable bonds is 9. The highest BCUT2D eigenvalue weighted by Crippen LogP contribution is 2.18. The molecule has 0 spiro atoms. The van der Waals surface area contributed by atoms with Gasteiger partial charge in [-0.15, -0.1) is 6.42 Å². The van der Waals surface area contributed by atoms with Crippen molar-refractivity contribution in [3.05, 3.63) is 12.2 Å². The summed E-state index contributed by atoms with van der Waals surface area (Å²) in [7, 11) is 0. The van der Waals surface area contributed by atoms with Crippen LogP contribution in [0.1, 0.15) is 51.9 Å². The standard InChI is InChI=1S/C23H35N3O4/c1-3-5-15-30-22(28)16-20(4-2)25-23(29)19-7-6-14-26(17-19)21(27)9-8-18-10-12-24-13-11-18/h2,8-9,18-20,24H,3,5-7,10-17H2,1H3,(H,25,29)/b9-8+/t19-,20?/m1/s1. The number of nitrogens with one attached hydrogen (secondary N) is 2. The normalized spacial score (nSPS) is 21.1. The van der Waals surface area contributed by atoms with Crippen LogP contribution in [-0.2, 0) is 19.1 Å². The predicted octanol–water partition coefficient (Wildman–Crippen LogP) is 1.63. The maximum absolute atomic E-state index is 12.7. The van der Waals surface area contributed by atoms with Crippen LogP contribution in [0.25, 0.3) is 0 Å². The Labute approximate surface area is 180 Å². The Kier molecular flexibility index (Phi) is 10.4. The van der Waals surface area contributed by atoms with Crippen molar-refractivity contribution in [1.82, 2.24) is 15.5 Å². The molecule has 2 amide bonds. The van der Waals surface area contributed by atoms with Crippen molar-refractivity contribution in [3.63, 3.8) is 0 Å². The fraction of sp³-hybridized carbons (Fsp3) is 0.696. The van der Waals surface area contributed by atoms with Gasteiger partial charge >= 0.3 is 5.97 Å². The summed E-state index contributed by atoms with van der Waals surface area (Å²) in [5, 5.41) is 6.07. The molecule has 0 aromatic heterocycles. The molecule has 0 saturated carbocycles. The zero-order valence-corrected chi connectivity index (χ0v) is 18.0. The maximum atomic E-state index is 12.7. The summed E-state index contributed by atoms with van der Waals surface area (Å²) in [6, 6.07) is -0.697. The van der Waals surface area contributed by atoms with Gasteiger partial charge in [-0.25, -0.2) is 0 Å². The number of likely N-dealkylation sites (tertiary alicyclic amines) is 1. The number of piperidine rings is 2. The molecule has 2 fully saturated rings. The molecule has 1 unspecified atom stereocenters. The molecular formula is C23H35N3O4. The number of nitrogens with zero attached hydrogens (tertiary/aromatic N) is 1. The average molecular weight is 418 g/mol. The van der Waals surface area contributed by atoms with E-state index >= 15 is 0 Å². The second kappa shape index (κ2) is 13.1. The first-order valence-corrected chi connectivity index (χ1v) is 11.1. The second-order valence-electron chi connectivity index (χ2n) is 8.08. The number of unbranched alkanes of at least 4 members (excludes halogenated alkanes) is 1. The molecule has 2 N–H and O–H groups in total. The lowest BCUT2D eigenvalue weighted by atomic mass is 9.95. The maximum Gasteiger partial charge on any atom is 0.308 e. The van der Waals surface area contributed by atoms with Gasteiger partial charge in [0.1, 0.15) is 6.04 Å². The van der Waals surface area contributed by atoms with Crippen molar-refractivity contribution in [2.45, 2.75) is 57.9 Å². The minimum absolute atomic E-state index is 0.0414. The minimum atomic E-state index is -0.697. The largest absolute Gasteiger partial charge is 0.466 e. The molecule has 2 aliphatic rings. The molecule has 2 atom stereocenters. The molecule has 30 heavy (non-hydrogen) atoms. The third kappa shape index (κ3) is 8.19. The molecule has 0 aromatic rings. The van der Waals surface area contributed by atoms with Crippen molar-refractivity contribution < 1.29 is 19.1 Å². The summed E-state index contributed by atoms with van der Waals surface area (Å²) in [6.45, 7) is 5.38. The summed E-state index contributed by atoms with van der Waals surface area (Å²) in [4.78, 5) is 38.8. The Balaban J connectivity index is 1.80. The lowest BCUT2D eigenvalue weighted by Crippen LogP contribution is -2.47. The van der Waals surface area contributed by atoms with Gasteiger partial charge in [-0.1, -0.05) is 25.3 Å². The highest BCUT2D eigenvalue weighted by atomic mass is 16.5. The molecule has 2 heterocycles. The number of ether oxygens (including phenoxy) is 1. The van der Waals surface area contributed by atoms with Gasteiger partial charge in [0.15, 0.2) is 0 Å². The molecule has 0 bridgehead atoms. The molecule has 2 rings (SSSR count). The first-order valence-electron chi connectivity index (χ1n) is 11.1. The van der Waals surface area contributed by atoms with Gasteiger partial charge in [0, 0.05) is 13.1 Å². The Bertz CT molecular complexity index is 649. The van der Waals surface area contributed by atoms with Crippen LogP contribution in [0, 0.1) is 24.2 Å². The highest BCUT2D eigenvalue weighted by molar-refractivity contribution is 5.88. The van der Waals surface area contributed by atoms with Gasteiger partial charge < -0.3 is 20.3 Å². The summed E-state index contributed by atoms with van der Waals surface area (Å²) >= 11 is 0. The van der Waals surface area contributed by atoms with E-state index in [2.05, 4.69) is 16.6 Å². The number of amides is 2. The van der Waals surface area contributed by atoms with Crippen LogP contribution in [0.3, 0.4) is 0 Å². The number of carbonyl (C=O) groups is 3. The van der Waals surface area contributed by atoms with Gasteiger partial charge in [0.2, 0.25) is 11.8 Å². The summed E-state index contributed by atoms with van der Waals surface area (Å²) in [5.41, 5.74) is 0. The van der Waals surface area contributed by atoms with E-state index in [4.69, 9.17) is 11.2 Å². The SMILES string of the molecule is C#CC(CC(=O)OCCCC)NC(=O)[C@@H]1CCCN(C(=O)/C=C/C2CCNCC2)C1. The quantitative estimate of drug-likeness (QED) is 0.258. The number of esters is 1. The third-order valence-electron chi connectivity index (χ3n) is 5.65. The topological polar surface area (TPSA) is 87.7 Å². The van der Waals surface area contributed by atoms with Gasteiger partial charge in [0.25, 0.3) is 0 Å². The van der Waals surface area contributed by atoms with Gasteiger partial charge in [-0.05, 0) is 57.2 Å². The summed E-state index contributed by atoms with van der Waals surface area (Å²) < 4.78 is 5.12. The molecule has 166 valence electrons. The Morgan fingerprint density at radius 2 is 2.07 bits per heavy atom. The average Bonchev–Trinajstić information content (AvgIpc) is 2.77. The molecular weight excluding hydrogens is 382 g/mol. The van der Waals surface area contributed by atoms with E-state index in [1.54, 1.807) is 11.0 Å². The van der Waals surface area contributed by atoms with E-state index in [-0.39, 0.29) is 24.2 Å². The number of terminal acetylenes is 1. The minimum Gasteiger partial charge on any atom is -0.466 e. The summed E-state index contributed by atoms with van der Waals surface area (Å²) in [6.07, 6.45) is 14.4. The predicted molar refractivity (Wildman–Crippen MR) is 115 cm³/mol. The Morgan fingerprint density at radius 1 is 1.30 bits per heavy atom. The summed E-state index contributed by atoms with van der Waals surface area (Å²) in [5.74, 6) is 1.92. The van der Waals surface area contributed by atoms with Crippen molar-refractivity contribution in [1.29, 1.82) is 0 Å². The van der Waals surface area contributed by atoms with E-state index in [9.17, 15) is 14.4 Å². The van der Waals surface area contributed by atoms with Crippen LogP contribution in [0.15, 0.2) is 12.2 Å². The van der Waals surface area contributed by atoms with Crippen LogP contribution in [0.5, 0.6) is 0 Å². The van der Waals surface area contributed by atoms with E-state index in [0.29, 0.717) is 32.0 Å². The fourth-order valence-corrected chi connectivity index (χ4v) is 3.75.